The zero-order valence-corrected chi connectivity index (χ0v) is 19.3. The minimum atomic E-state index is -1.00. The number of carbonyl (C=O) groups is 1. The van der Waals surface area contributed by atoms with Crippen LogP contribution in [0.2, 0.25) is 0 Å². The van der Waals surface area contributed by atoms with Gasteiger partial charge in [0.25, 0.3) is 5.91 Å². The normalized spacial score (nSPS) is 12.0. The van der Waals surface area contributed by atoms with Gasteiger partial charge in [-0.25, -0.2) is 13.8 Å². The van der Waals surface area contributed by atoms with Crippen LogP contribution < -0.4 is 5.32 Å². The highest BCUT2D eigenvalue weighted by Gasteiger charge is 2.23. The maximum absolute atomic E-state index is 14.3. The van der Waals surface area contributed by atoms with E-state index in [1.54, 1.807) is 38.1 Å². The van der Waals surface area contributed by atoms with Gasteiger partial charge in [0.1, 0.15) is 23.1 Å². The first-order valence-electron chi connectivity index (χ1n) is 10.5. The van der Waals surface area contributed by atoms with E-state index >= 15 is 0 Å². The van der Waals surface area contributed by atoms with Crippen molar-refractivity contribution in [3.8, 4) is 17.6 Å². The third-order valence-electron chi connectivity index (χ3n) is 4.87. The average Bonchev–Trinajstić information content (AvgIpc) is 2.73. The van der Waals surface area contributed by atoms with E-state index in [2.05, 4.69) is 22.1 Å². The number of halogens is 2. The molecule has 0 saturated heterocycles. The van der Waals surface area contributed by atoms with Crippen molar-refractivity contribution in [2.45, 2.75) is 40.7 Å². The van der Waals surface area contributed by atoms with Crippen LogP contribution in [0.1, 0.15) is 65.2 Å². The molecule has 0 saturated carbocycles. The lowest BCUT2D eigenvalue weighted by Crippen LogP contribution is -2.30. The van der Waals surface area contributed by atoms with Crippen LogP contribution in [0.15, 0.2) is 48.5 Å². The monoisotopic (exact) mass is 448 g/mol. The number of hydrogen-bond donors (Lipinski definition) is 2. The quantitative estimate of drug-likeness (QED) is 0.511. The summed E-state index contributed by atoms with van der Waals surface area (Å²) in [7, 11) is 0. The Morgan fingerprint density at radius 1 is 1.06 bits per heavy atom. The summed E-state index contributed by atoms with van der Waals surface area (Å²) in [6, 6.07) is 10.2. The third-order valence-corrected chi connectivity index (χ3v) is 4.87. The van der Waals surface area contributed by atoms with Crippen LogP contribution in [0.25, 0.3) is 0 Å². The van der Waals surface area contributed by atoms with Crippen LogP contribution in [0.3, 0.4) is 0 Å². The fourth-order valence-electron chi connectivity index (χ4n) is 3.21. The first kappa shape index (κ1) is 23.9. The number of phenolic OH excluding ortho intramolecular Hbond substituents is 1. The van der Waals surface area contributed by atoms with Gasteiger partial charge in [-0.3, -0.25) is 4.79 Å². The van der Waals surface area contributed by atoms with Gasteiger partial charge in [0, 0.05) is 22.2 Å². The fraction of sp³-hybridized carbons (Fsp3) is 0.259. The van der Waals surface area contributed by atoms with Crippen molar-refractivity contribution in [1.29, 1.82) is 0 Å². The number of aryl methyl sites for hydroxylation is 2. The standard InChI is InChI=1S/C27H26F2N2O2/c1-16-6-7-19(14-22(16)29)25(21-15-20(28)8-9-24(21)32)31-26(33)23-13-18(12-17(2)30-23)10-11-27(3,4)5/h6-9,12-15,25,32H,1-5H3,(H,31,33). The predicted molar refractivity (Wildman–Crippen MR) is 124 cm³/mol. The molecular formula is C27H26F2N2O2. The molecule has 170 valence electrons. The second-order valence-corrected chi connectivity index (χ2v) is 9.00. The Kier molecular flexibility index (Phi) is 6.83. The van der Waals surface area contributed by atoms with Crippen LogP contribution >= 0.6 is 0 Å². The lowest BCUT2D eigenvalue weighted by Gasteiger charge is -2.21. The van der Waals surface area contributed by atoms with E-state index in [0.717, 1.165) is 12.1 Å². The van der Waals surface area contributed by atoms with Gasteiger partial charge in [0.15, 0.2) is 0 Å². The molecule has 6 heteroatoms. The summed E-state index contributed by atoms with van der Waals surface area (Å²) < 4.78 is 28.3. The summed E-state index contributed by atoms with van der Waals surface area (Å²) in [6.07, 6.45) is 0. The Balaban J connectivity index is 2.03. The molecule has 1 atom stereocenters. The maximum atomic E-state index is 14.3. The summed E-state index contributed by atoms with van der Waals surface area (Å²) in [5, 5.41) is 13.1. The van der Waals surface area contributed by atoms with Gasteiger partial charge >= 0.3 is 0 Å². The number of carbonyl (C=O) groups excluding carboxylic acids is 1. The Bertz CT molecular complexity index is 1270. The SMILES string of the molecule is Cc1cc(C#CC(C)(C)C)cc(C(=O)NC(c2ccc(C)c(F)c2)c2cc(F)ccc2O)n1. The molecule has 0 aliphatic carbocycles. The molecule has 0 spiro atoms. The van der Waals surface area contributed by atoms with Crippen molar-refractivity contribution < 1.29 is 18.7 Å². The zero-order chi connectivity index (χ0) is 24.3. The Labute approximate surface area is 192 Å². The molecule has 1 heterocycles. The van der Waals surface area contributed by atoms with E-state index in [1.807, 2.05) is 20.8 Å². The van der Waals surface area contributed by atoms with Gasteiger partial charge in [0.05, 0.1) is 6.04 Å². The van der Waals surface area contributed by atoms with E-state index in [4.69, 9.17) is 0 Å². The Morgan fingerprint density at radius 3 is 2.45 bits per heavy atom. The maximum Gasteiger partial charge on any atom is 0.270 e. The molecule has 1 unspecified atom stereocenters. The molecule has 1 aromatic heterocycles. The number of phenols is 1. The minimum absolute atomic E-state index is 0.104. The van der Waals surface area contributed by atoms with E-state index < -0.39 is 23.6 Å². The van der Waals surface area contributed by atoms with Crippen molar-refractivity contribution in [3.05, 3.63) is 93.8 Å². The van der Waals surface area contributed by atoms with Crippen molar-refractivity contribution in [2.24, 2.45) is 5.41 Å². The van der Waals surface area contributed by atoms with Gasteiger partial charge < -0.3 is 10.4 Å². The number of rotatable bonds is 4. The summed E-state index contributed by atoms with van der Waals surface area (Å²) >= 11 is 0. The molecule has 2 N–H and O–H groups in total. The van der Waals surface area contributed by atoms with Crippen molar-refractivity contribution in [3.63, 3.8) is 0 Å². The highest BCUT2D eigenvalue weighted by Crippen LogP contribution is 2.31. The van der Waals surface area contributed by atoms with Gasteiger partial charge in [0.2, 0.25) is 0 Å². The number of pyridine rings is 1. The van der Waals surface area contributed by atoms with Crippen LogP contribution in [0, 0.1) is 42.7 Å². The third kappa shape index (κ3) is 6.17. The average molecular weight is 449 g/mol. The van der Waals surface area contributed by atoms with Crippen LogP contribution in [0.5, 0.6) is 5.75 Å². The van der Waals surface area contributed by atoms with Crippen molar-refractivity contribution in [2.75, 3.05) is 0 Å². The van der Waals surface area contributed by atoms with Crippen LogP contribution in [-0.4, -0.2) is 16.0 Å². The summed E-state index contributed by atoms with van der Waals surface area (Å²) in [4.78, 5) is 17.5. The molecule has 33 heavy (non-hydrogen) atoms. The largest absolute Gasteiger partial charge is 0.508 e. The molecule has 4 nitrogen and oxygen atoms in total. The molecule has 3 aromatic rings. The van der Waals surface area contributed by atoms with E-state index in [1.165, 1.54) is 12.1 Å². The smallest absolute Gasteiger partial charge is 0.270 e. The summed E-state index contributed by atoms with van der Waals surface area (Å²) in [5.74, 6) is 4.32. The number of amides is 1. The minimum Gasteiger partial charge on any atom is -0.508 e. The molecule has 0 radical (unpaired) electrons. The number of aromatic nitrogens is 1. The highest BCUT2D eigenvalue weighted by molar-refractivity contribution is 5.93. The van der Waals surface area contributed by atoms with Gasteiger partial charge in [-0.2, -0.15) is 0 Å². The van der Waals surface area contributed by atoms with Gasteiger partial charge in [-0.1, -0.05) is 24.0 Å². The van der Waals surface area contributed by atoms with E-state index in [-0.39, 0.29) is 22.4 Å². The molecule has 1 amide bonds. The molecule has 0 aliphatic heterocycles. The second-order valence-electron chi connectivity index (χ2n) is 9.00. The molecule has 0 bridgehead atoms. The molecule has 2 aromatic carbocycles. The summed E-state index contributed by atoms with van der Waals surface area (Å²) in [5.41, 5.74) is 2.02. The zero-order valence-electron chi connectivity index (χ0n) is 19.3. The molecule has 0 fully saturated rings. The Morgan fingerprint density at radius 2 is 1.79 bits per heavy atom. The number of nitrogens with zero attached hydrogens (tertiary/aromatic N) is 1. The Hall–Kier alpha value is -3.72. The van der Waals surface area contributed by atoms with Crippen LogP contribution in [0.4, 0.5) is 8.78 Å². The number of hydrogen-bond acceptors (Lipinski definition) is 3. The van der Waals surface area contributed by atoms with Crippen molar-refractivity contribution >= 4 is 5.91 Å². The number of nitrogens with one attached hydrogen (secondary N) is 1. The predicted octanol–water partition coefficient (Wildman–Crippen LogP) is 5.60. The fourth-order valence-corrected chi connectivity index (χ4v) is 3.21. The van der Waals surface area contributed by atoms with E-state index in [9.17, 15) is 18.7 Å². The second kappa shape index (κ2) is 9.41. The first-order valence-corrected chi connectivity index (χ1v) is 10.5. The first-order chi connectivity index (χ1) is 15.4. The van der Waals surface area contributed by atoms with Gasteiger partial charge in [-0.15, -0.1) is 0 Å². The molecular weight excluding hydrogens is 422 g/mol. The van der Waals surface area contributed by atoms with Gasteiger partial charge in [-0.05, 0) is 82.1 Å². The lowest BCUT2D eigenvalue weighted by atomic mass is 9.96. The topological polar surface area (TPSA) is 62.2 Å². The molecule has 0 aliphatic rings. The lowest BCUT2D eigenvalue weighted by molar-refractivity contribution is 0.0937. The van der Waals surface area contributed by atoms with Crippen LogP contribution in [-0.2, 0) is 0 Å². The number of aromatic hydroxyl groups is 1. The number of benzene rings is 2. The van der Waals surface area contributed by atoms with Crippen molar-refractivity contribution in [1.82, 2.24) is 10.3 Å². The molecule has 3 rings (SSSR count). The summed E-state index contributed by atoms with van der Waals surface area (Å²) in [6.45, 7) is 9.32. The highest BCUT2D eigenvalue weighted by atomic mass is 19.1. The van der Waals surface area contributed by atoms with E-state index in [0.29, 0.717) is 22.4 Å².